The average Bonchev–Trinajstić information content (AvgIpc) is 2.74. The Morgan fingerprint density at radius 2 is 2.13 bits per heavy atom. The molecule has 0 saturated carbocycles. The Bertz CT molecular complexity index is 310. The summed E-state index contributed by atoms with van der Waals surface area (Å²) in [7, 11) is 0. The molecule has 0 radical (unpaired) electrons. The van der Waals surface area contributed by atoms with Crippen LogP contribution < -0.4 is 0 Å². The summed E-state index contributed by atoms with van der Waals surface area (Å²) in [6.45, 7) is 3.83. The van der Waals surface area contributed by atoms with Gasteiger partial charge >= 0.3 is 0 Å². The molecule has 82 valence electrons. The maximum absolute atomic E-state index is 5.09. The van der Waals surface area contributed by atoms with Gasteiger partial charge in [0.15, 0.2) is 0 Å². The minimum atomic E-state index is 0.759. The van der Waals surface area contributed by atoms with Gasteiger partial charge in [0.25, 0.3) is 0 Å². The van der Waals surface area contributed by atoms with Crippen molar-refractivity contribution in [2.75, 3.05) is 26.2 Å². The van der Waals surface area contributed by atoms with Crippen molar-refractivity contribution in [3.05, 3.63) is 23.3 Å². The fourth-order valence-corrected chi connectivity index (χ4v) is 2.24. The van der Waals surface area contributed by atoms with Crippen LogP contribution in [-0.4, -0.2) is 37.5 Å². The topological polar surface area (TPSA) is 24.8 Å². The summed E-state index contributed by atoms with van der Waals surface area (Å²) >= 11 is 1.95. The Morgan fingerprint density at radius 1 is 1.33 bits per heavy atom. The summed E-state index contributed by atoms with van der Waals surface area (Å²) in [6.07, 6.45) is 8.70. The van der Waals surface area contributed by atoms with Gasteiger partial charge < -0.3 is 7.97 Å². The summed E-state index contributed by atoms with van der Waals surface area (Å²) in [4.78, 5) is 6.49. The van der Waals surface area contributed by atoms with Gasteiger partial charge in [0.1, 0.15) is 23.0 Å². The van der Waals surface area contributed by atoms with E-state index >= 15 is 0 Å². The van der Waals surface area contributed by atoms with E-state index in [0.717, 1.165) is 39.1 Å². The fourth-order valence-electron chi connectivity index (χ4n) is 1.84. The highest BCUT2D eigenvalue weighted by Gasteiger charge is 2.11. The summed E-state index contributed by atoms with van der Waals surface area (Å²) < 4.78 is 5.09. The lowest BCUT2D eigenvalue weighted by Gasteiger charge is -2.19. The molecule has 0 amide bonds. The summed E-state index contributed by atoms with van der Waals surface area (Å²) in [6, 6.07) is 0. The van der Waals surface area contributed by atoms with E-state index in [2.05, 4.69) is 22.0 Å². The van der Waals surface area contributed by atoms with E-state index in [0.29, 0.717) is 0 Å². The lowest BCUT2D eigenvalue weighted by atomic mass is 9.98. The third-order valence-corrected chi connectivity index (χ3v) is 3.04. The third-order valence-electron chi connectivity index (χ3n) is 2.73. The van der Waals surface area contributed by atoms with Crippen LogP contribution in [0.1, 0.15) is 12.8 Å². The molecule has 1 aliphatic heterocycles. The molecule has 3 nitrogen and oxygen atoms in total. The molecule has 0 bridgehead atoms. The summed E-state index contributed by atoms with van der Waals surface area (Å²) in [5, 5.41) is 0. The van der Waals surface area contributed by atoms with Crippen LogP contribution in [-0.2, 0) is 3.07 Å². The van der Waals surface area contributed by atoms with E-state index in [-0.39, 0.29) is 0 Å². The maximum Gasteiger partial charge on any atom is 0.110 e. The number of halogens is 1. The van der Waals surface area contributed by atoms with Crippen molar-refractivity contribution >= 4 is 29.3 Å². The lowest BCUT2D eigenvalue weighted by Crippen LogP contribution is -2.22. The molecule has 0 fully saturated rings. The van der Waals surface area contributed by atoms with Crippen molar-refractivity contribution in [1.29, 1.82) is 0 Å². The van der Waals surface area contributed by atoms with Gasteiger partial charge in [-0.3, -0.25) is 4.99 Å². The molecule has 0 spiro atoms. The van der Waals surface area contributed by atoms with Gasteiger partial charge in [0.2, 0.25) is 0 Å². The van der Waals surface area contributed by atoms with E-state index in [1.807, 2.05) is 29.3 Å². The highest BCUT2D eigenvalue weighted by molar-refractivity contribution is 14.1. The van der Waals surface area contributed by atoms with Crippen molar-refractivity contribution in [2.24, 2.45) is 4.99 Å². The lowest BCUT2D eigenvalue weighted by molar-refractivity contribution is 0.458. The first-order valence-corrected chi connectivity index (χ1v) is 6.11. The molecule has 1 aliphatic carbocycles. The SMILES string of the molecule is IOCC1=CC=C(CN2C=NCC2)CC1. The van der Waals surface area contributed by atoms with Crippen molar-refractivity contribution in [3.63, 3.8) is 0 Å². The van der Waals surface area contributed by atoms with Gasteiger partial charge in [0.05, 0.1) is 19.5 Å². The zero-order valence-corrected chi connectivity index (χ0v) is 10.8. The number of aliphatic imine (C=N–C) groups is 1. The van der Waals surface area contributed by atoms with Crippen molar-refractivity contribution in [1.82, 2.24) is 4.90 Å². The fraction of sp³-hybridized carbons (Fsp3) is 0.545. The number of nitrogens with zero attached hydrogens (tertiary/aromatic N) is 2. The smallest absolute Gasteiger partial charge is 0.110 e. The number of hydrogen-bond donors (Lipinski definition) is 0. The van der Waals surface area contributed by atoms with E-state index in [1.54, 1.807) is 0 Å². The van der Waals surface area contributed by atoms with Crippen LogP contribution in [0.15, 0.2) is 28.3 Å². The number of hydrogen-bond acceptors (Lipinski definition) is 3. The molecule has 2 rings (SSSR count). The van der Waals surface area contributed by atoms with Crippen LogP contribution in [0.4, 0.5) is 0 Å². The molecule has 0 aromatic carbocycles. The average molecular weight is 318 g/mol. The summed E-state index contributed by atoms with van der Waals surface area (Å²) in [5.74, 6) is 0. The van der Waals surface area contributed by atoms with E-state index in [9.17, 15) is 0 Å². The molecule has 15 heavy (non-hydrogen) atoms. The van der Waals surface area contributed by atoms with Gasteiger partial charge in [-0.05, 0) is 18.4 Å². The van der Waals surface area contributed by atoms with E-state index in [1.165, 1.54) is 11.1 Å². The zero-order valence-electron chi connectivity index (χ0n) is 8.66. The highest BCUT2D eigenvalue weighted by Crippen LogP contribution is 2.20. The van der Waals surface area contributed by atoms with E-state index in [4.69, 9.17) is 3.07 Å². The third kappa shape index (κ3) is 3.31. The predicted octanol–water partition coefficient (Wildman–Crippen LogP) is 2.34. The van der Waals surface area contributed by atoms with E-state index < -0.39 is 0 Å². The highest BCUT2D eigenvalue weighted by atomic mass is 127. The van der Waals surface area contributed by atoms with Crippen LogP contribution in [0.5, 0.6) is 0 Å². The second kappa shape index (κ2) is 5.65. The second-order valence-electron chi connectivity index (χ2n) is 3.90. The molecule has 0 N–H and O–H groups in total. The Balaban J connectivity index is 1.86. The van der Waals surface area contributed by atoms with Gasteiger partial charge in [-0.25, -0.2) is 0 Å². The van der Waals surface area contributed by atoms with Crippen LogP contribution >= 0.6 is 23.0 Å². The Hall–Kier alpha value is -0.360. The Kier molecular flexibility index (Phi) is 4.19. The largest absolute Gasteiger partial charge is 0.357 e. The first-order chi connectivity index (χ1) is 7.38. The molecule has 0 atom stereocenters. The molecular weight excluding hydrogens is 303 g/mol. The molecule has 0 aromatic heterocycles. The predicted molar refractivity (Wildman–Crippen MR) is 70.3 cm³/mol. The first kappa shape index (κ1) is 11.1. The molecular formula is C11H15IN2O. The molecule has 1 heterocycles. The molecule has 0 saturated heterocycles. The number of allylic oxidation sites excluding steroid dienone is 2. The van der Waals surface area contributed by atoms with Gasteiger partial charge in [-0.2, -0.15) is 0 Å². The second-order valence-corrected chi connectivity index (χ2v) is 4.52. The zero-order chi connectivity index (χ0) is 10.5. The van der Waals surface area contributed by atoms with Crippen LogP contribution in [0.25, 0.3) is 0 Å². The maximum atomic E-state index is 5.09. The minimum absolute atomic E-state index is 0.759. The first-order valence-electron chi connectivity index (χ1n) is 5.23. The van der Waals surface area contributed by atoms with Gasteiger partial charge in [-0.1, -0.05) is 17.7 Å². The van der Waals surface area contributed by atoms with Gasteiger partial charge in [-0.15, -0.1) is 0 Å². The van der Waals surface area contributed by atoms with Crippen LogP contribution in [0, 0.1) is 0 Å². The van der Waals surface area contributed by atoms with Gasteiger partial charge in [0, 0.05) is 13.1 Å². The minimum Gasteiger partial charge on any atom is -0.357 e. The molecule has 0 aromatic rings. The van der Waals surface area contributed by atoms with Crippen molar-refractivity contribution in [2.45, 2.75) is 12.8 Å². The van der Waals surface area contributed by atoms with Crippen molar-refractivity contribution in [3.8, 4) is 0 Å². The summed E-state index contributed by atoms with van der Waals surface area (Å²) in [5.41, 5.74) is 2.89. The molecule has 4 heteroatoms. The molecule has 0 unspecified atom stereocenters. The quantitative estimate of drug-likeness (QED) is 0.743. The monoisotopic (exact) mass is 318 g/mol. The standard InChI is InChI=1S/C11H15IN2O/c12-15-8-11-3-1-10(2-4-11)7-14-6-5-13-9-14/h1,3,9H,2,4-8H2. The number of rotatable bonds is 4. The Morgan fingerprint density at radius 3 is 2.73 bits per heavy atom. The van der Waals surface area contributed by atoms with Crippen LogP contribution in [0.3, 0.4) is 0 Å². The Labute approximate surface area is 105 Å². The normalized spacial score (nSPS) is 20.5. The van der Waals surface area contributed by atoms with Crippen LogP contribution in [0.2, 0.25) is 0 Å². The molecule has 2 aliphatic rings. The van der Waals surface area contributed by atoms with Crippen molar-refractivity contribution < 1.29 is 3.07 Å².